The molecule has 0 radical (unpaired) electrons. The van der Waals surface area contributed by atoms with Crippen LogP contribution in [0.15, 0.2) is 29.4 Å². The van der Waals surface area contributed by atoms with Crippen LogP contribution in [-0.2, 0) is 30.5 Å². The molecule has 1 aliphatic carbocycles. The zero-order chi connectivity index (χ0) is 17.6. The largest absolute Gasteiger partial charge is 0.464 e. The van der Waals surface area contributed by atoms with E-state index in [0.717, 1.165) is 25.7 Å². The topological polar surface area (TPSA) is 74.2 Å². The Labute approximate surface area is 141 Å². The first-order valence-electron chi connectivity index (χ1n) is 8.03. The third-order valence-corrected chi connectivity index (χ3v) is 4.21. The molecule has 2 rings (SSSR count). The number of rotatable bonds is 8. The van der Waals surface area contributed by atoms with Crippen LogP contribution in [0.4, 0.5) is 0 Å². The molecule has 6 nitrogen and oxygen atoms in total. The molecule has 0 heterocycles. The summed E-state index contributed by atoms with van der Waals surface area (Å²) in [5.74, 6) is -0.775. The lowest BCUT2D eigenvalue weighted by Gasteiger charge is -2.15. The number of esters is 2. The number of carbonyl (C=O) groups excluding carboxylic acids is 2. The number of hydrogen-bond acceptors (Lipinski definition) is 6. The average Bonchev–Trinajstić information content (AvgIpc) is 3.38. The molecule has 1 saturated carbocycles. The number of carbonyl (C=O) groups is 2. The number of ether oxygens (including phenoxy) is 2. The first-order chi connectivity index (χ1) is 11.6. The summed E-state index contributed by atoms with van der Waals surface area (Å²) in [7, 11) is 2.63. The number of methoxy groups -OCH3 is 1. The molecule has 1 aromatic carbocycles. The van der Waals surface area contributed by atoms with Gasteiger partial charge in [0.05, 0.1) is 12.5 Å². The molecule has 1 aromatic rings. The monoisotopic (exact) mass is 333 g/mol. The van der Waals surface area contributed by atoms with Gasteiger partial charge in [-0.3, -0.25) is 4.79 Å². The van der Waals surface area contributed by atoms with Crippen molar-refractivity contribution in [3.8, 4) is 0 Å². The van der Waals surface area contributed by atoms with Crippen LogP contribution in [-0.4, -0.2) is 31.9 Å². The van der Waals surface area contributed by atoms with E-state index in [-0.39, 0.29) is 23.7 Å². The van der Waals surface area contributed by atoms with Crippen LogP contribution in [0, 0.1) is 5.41 Å². The van der Waals surface area contributed by atoms with Crippen LogP contribution in [0.3, 0.4) is 0 Å². The summed E-state index contributed by atoms with van der Waals surface area (Å²) in [4.78, 5) is 29.0. The second-order valence-electron chi connectivity index (χ2n) is 5.88. The van der Waals surface area contributed by atoms with Gasteiger partial charge in [-0.25, -0.2) is 4.79 Å². The Hall–Kier alpha value is -2.37. The predicted molar refractivity (Wildman–Crippen MR) is 88.4 cm³/mol. The van der Waals surface area contributed by atoms with E-state index in [1.165, 1.54) is 14.2 Å². The van der Waals surface area contributed by atoms with Crippen LogP contribution >= 0.6 is 0 Å². The van der Waals surface area contributed by atoms with Gasteiger partial charge in [-0.2, -0.15) is 0 Å². The van der Waals surface area contributed by atoms with Crippen LogP contribution in [0.2, 0.25) is 0 Å². The van der Waals surface area contributed by atoms with E-state index in [0.29, 0.717) is 11.1 Å². The summed E-state index contributed by atoms with van der Waals surface area (Å²) >= 11 is 0. The Morgan fingerprint density at radius 1 is 1.21 bits per heavy atom. The second kappa shape index (κ2) is 7.95. The third-order valence-electron chi connectivity index (χ3n) is 4.21. The van der Waals surface area contributed by atoms with E-state index in [1.807, 2.05) is 6.07 Å². The zero-order valence-electron chi connectivity index (χ0n) is 14.3. The Kier molecular flexibility index (Phi) is 5.95. The van der Waals surface area contributed by atoms with E-state index in [2.05, 4.69) is 12.1 Å². The highest BCUT2D eigenvalue weighted by Crippen LogP contribution is 2.50. The minimum absolute atomic E-state index is 0.0429. The smallest absolute Gasteiger partial charge is 0.360 e. The fraction of sp³-hybridized carbons (Fsp3) is 0.500. The van der Waals surface area contributed by atoms with E-state index < -0.39 is 5.97 Å². The maximum atomic E-state index is 12.3. The molecule has 24 heavy (non-hydrogen) atoms. The van der Waals surface area contributed by atoms with Crippen LogP contribution < -0.4 is 0 Å². The number of hydrogen-bond donors (Lipinski definition) is 0. The molecule has 130 valence electrons. The van der Waals surface area contributed by atoms with Crippen molar-refractivity contribution in [1.82, 2.24) is 0 Å². The lowest BCUT2D eigenvalue weighted by Crippen LogP contribution is -2.22. The predicted octanol–water partition coefficient (Wildman–Crippen LogP) is 2.83. The van der Waals surface area contributed by atoms with E-state index in [9.17, 15) is 9.59 Å². The van der Waals surface area contributed by atoms with Gasteiger partial charge in [0.1, 0.15) is 13.7 Å². The van der Waals surface area contributed by atoms with Gasteiger partial charge in [0.2, 0.25) is 0 Å². The molecular formula is C18H23NO5. The molecular weight excluding hydrogens is 310 g/mol. The van der Waals surface area contributed by atoms with Gasteiger partial charge < -0.3 is 14.3 Å². The molecule has 1 aliphatic rings. The lowest BCUT2D eigenvalue weighted by molar-refractivity contribution is -0.152. The van der Waals surface area contributed by atoms with Gasteiger partial charge in [-0.05, 0) is 24.8 Å². The molecule has 0 aromatic heterocycles. The van der Waals surface area contributed by atoms with Crippen molar-refractivity contribution in [2.45, 2.75) is 39.2 Å². The fourth-order valence-electron chi connectivity index (χ4n) is 2.74. The molecule has 1 fully saturated rings. The lowest BCUT2D eigenvalue weighted by atomic mass is 10.0. The van der Waals surface area contributed by atoms with Gasteiger partial charge in [-0.1, -0.05) is 42.8 Å². The summed E-state index contributed by atoms with van der Waals surface area (Å²) < 4.78 is 10.2. The van der Waals surface area contributed by atoms with Gasteiger partial charge in [0.15, 0.2) is 5.71 Å². The van der Waals surface area contributed by atoms with Crippen molar-refractivity contribution in [3.05, 3.63) is 35.4 Å². The van der Waals surface area contributed by atoms with Gasteiger partial charge in [0, 0.05) is 5.56 Å². The Morgan fingerprint density at radius 2 is 1.92 bits per heavy atom. The highest BCUT2D eigenvalue weighted by Gasteiger charge is 2.50. The zero-order valence-corrected chi connectivity index (χ0v) is 14.3. The number of benzene rings is 1. The van der Waals surface area contributed by atoms with E-state index in [1.54, 1.807) is 18.2 Å². The van der Waals surface area contributed by atoms with Gasteiger partial charge in [-0.15, -0.1) is 0 Å². The molecule has 0 unspecified atom stereocenters. The highest BCUT2D eigenvalue weighted by molar-refractivity contribution is 6.43. The molecule has 0 amide bonds. The van der Waals surface area contributed by atoms with Gasteiger partial charge >= 0.3 is 11.9 Å². The molecule has 0 N–H and O–H groups in total. The SMILES string of the molecule is CCCC1(C(=O)OCc2ccccc2C(=NOC)C(=O)OC)CC1. The summed E-state index contributed by atoms with van der Waals surface area (Å²) in [5.41, 5.74) is 0.954. The number of oxime groups is 1. The highest BCUT2D eigenvalue weighted by atomic mass is 16.6. The molecule has 0 spiro atoms. The van der Waals surface area contributed by atoms with Crippen molar-refractivity contribution < 1.29 is 23.9 Å². The normalized spacial score (nSPS) is 15.5. The van der Waals surface area contributed by atoms with Crippen LogP contribution in [0.25, 0.3) is 0 Å². The van der Waals surface area contributed by atoms with Crippen molar-refractivity contribution in [2.75, 3.05) is 14.2 Å². The Balaban J connectivity index is 2.15. The molecule has 0 aliphatic heterocycles. The Bertz CT molecular complexity index is 634. The molecule has 0 bridgehead atoms. The quantitative estimate of drug-likeness (QED) is 0.415. The summed E-state index contributed by atoms with van der Waals surface area (Å²) in [5, 5.41) is 3.75. The minimum atomic E-state index is -0.611. The van der Waals surface area contributed by atoms with Crippen molar-refractivity contribution in [2.24, 2.45) is 10.6 Å². The minimum Gasteiger partial charge on any atom is -0.464 e. The molecule has 6 heteroatoms. The first kappa shape index (κ1) is 18.0. The molecule has 0 atom stereocenters. The van der Waals surface area contributed by atoms with Crippen molar-refractivity contribution in [1.29, 1.82) is 0 Å². The average molecular weight is 333 g/mol. The van der Waals surface area contributed by atoms with Crippen molar-refractivity contribution in [3.63, 3.8) is 0 Å². The third kappa shape index (κ3) is 3.93. The molecule has 0 saturated heterocycles. The summed E-state index contributed by atoms with van der Waals surface area (Å²) in [6, 6.07) is 7.09. The number of nitrogens with zero attached hydrogens (tertiary/aromatic N) is 1. The van der Waals surface area contributed by atoms with Crippen LogP contribution in [0.1, 0.15) is 43.7 Å². The second-order valence-corrected chi connectivity index (χ2v) is 5.88. The van der Waals surface area contributed by atoms with E-state index in [4.69, 9.17) is 14.3 Å². The van der Waals surface area contributed by atoms with Crippen LogP contribution in [0.5, 0.6) is 0 Å². The van der Waals surface area contributed by atoms with Gasteiger partial charge in [0.25, 0.3) is 0 Å². The summed E-state index contributed by atoms with van der Waals surface area (Å²) in [6.07, 6.45) is 3.59. The summed E-state index contributed by atoms with van der Waals surface area (Å²) in [6.45, 7) is 2.15. The van der Waals surface area contributed by atoms with E-state index >= 15 is 0 Å². The van der Waals surface area contributed by atoms with Crippen molar-refractivity contribution >= 4 is 17.7 Å². The maximum absolute atomic E-state index is 12.3. The standard InChI is InChI=1S/C18H23NO5/c1-4-9-18(10-11-18)17(21)24-12-13-7-5-6-8-14(13)15(19-23-3)16(20)22-2/h5-8H,4,9-12H2,1-3H3. The maximum Gasteiger partial charge on any atom is 0.360 e. The fourth-order valence-corrected chi connectivity index (χ4v) is 2.74. The Morgan fingerprint density at radius 3 is 2.50 bits per heavy atom. The first-order valence-corrected chi connectivity index (χ1v) is 8.03.